The van der Waals surface area contributed by atoms with E-state index in [0.717, 1.165) is 0 Å². The Morgan fingerprint density at radius 3 is 2.04 bits per heavy atom. The van der Waals surface area contributed by atoms with Crippen LogP contribution in [0.1, 0.15) is 12.5 Å². The minimum absolute atomic E-state index is 0.248. The van der Waals surface area contributed by atoms with Gasteiger partial charge in [-0.3, -0.25) is 4.89 Å². The number of rotatable bonds is 5. The van der Waals surface area contributed by atoms with Gasteiger partial charge in [0, 0.05) is 5.57 Å². The van der Waals surface area contributed by atoms with E-state index in [1.165, 1.54) is 6.92 Å². The van der Waals surface area contributed by atoms with E-state index in [1.807, 2.05) is 6.07 Å². The summed E-state index contributed by atoms with van der Waals surface area (Å²) in [7, 11) is 0. The fourth-order valence-electron chi connectivity index (χ4n) is 1.44. The Morgan fingerprint density at radius 1 is 1.04 bits per heavy atom. The van der Waals surface area contributed by atoms with Crippen LogP contribution in [0.2, 0.25) is 0 Å². The third-order valence-electron chi connectivity index (χ3n) is 2.68. The average Bonchev–Trinajstić information content (AvgIpc) is 2.59. The highest BCUT2D eigenvalue weighted by Gasteiger charge is 2.05. The van der Waals surface area contributed by atoms with Crippen molar-refractivity contribution in [2.45, 2.75) is 6.92 Å². The molecule has 2 aromatic rings. The summed E-state index contributed by atoms with van der Waals surface area (Å²) in [4.78, 5) is 20.6. The maximum Gasteiger partial charge on any atom is 0.381 e. The summed E-state index contributed by atoms with van der Waals surface area (Å²) in [5.41, 5.74) is 2.06. The van der Waals surface area contributed by atoms with E-state index in [4.69, 9.17) is 10.1 Å². The predicted molar refractivity (Wildman–Crippen MR) is 83.3 cm³/mol. The van der Waals surface area contributed by atoms with Crippen LogP contribution in [0.25, 0.3) is 0 Å². The highest BCUT2D eigenvalue weighted by molar-refractivity contribution is 5.86. The number of carbonyl (C=O) groups excluding carboxylic acids is 1. The molecule has 23 heavy (non-hydrogen) atoms. The van der Waals surface area contributed by atoms with E-state index < -0.39 is 5.97 Å². The maximum atomic E-state index is 11.2. The fourth-order valence-corrected chi connectivity index (χ4v) is 1.44. The second-order valence-electron chi connectivity index (χ2n) is 4.59. The van der Waals surface area contributed by atoms with Gasteiger partial charge in [-0.2, -0.15) is 15.5 Å². The summed E-state index contributed by atoms with van der Waals surface area (Å²) in [6.07, 6.45) is 0. The molecule has 6 nitrogen and oxygen atoms in total. The molecule has 114 valence electrons. The molecule has 0 saturated heterocycles. The molecule has 0 atom stereocenters. The molecular formula is C17H13N3O3. The number of benzene rings is 2. The van der Waals surface area contributed by atoms with Gasteiger partial charge in [0.2, 0.25) is 0 Å². The van der Waals surface area contributed by atoms with Crippen molar-refractivity contribution in [2.75, 3.05) is 0 Å². The van der Waals surface area contributed by atoms with Crippen molar-refractivity contribution < 1.29 is 14.6 Å². The summed E-state index contributed by atoms with van der Waals surface area (Å²) in [6.45, 7) is 4.97. The first-order valence-corrected chi connectivity index (χ1v) is 6.65. The molecule has 0 bridgehead atoms. The third-order valence-corrected chi connectivity index (χ3v) is 2.68. The van der Waals surface area contributed by atoms with Crippen LogP contribution < -0.4 is 4.89 Å². The number of nitriles is 1. The van der Waals surface area contributed by atoms with Gasteiger partial charge < -0.3 is 0 Å². The summed E-state index contributed by atoms with van der Waals surface area (Å²) < 4.78 is 0. The van der Waals surface area contributed by atoms with Gasteiger partial charge in [-0.05, 0) is 55.5 Å². The van der Waals surface area contributed by atoms with Crippen molar-refractivity contribution in [3.05, 3.63) is 66.2 Å². The summed E-state index contributed by atoms with van der Waals surface area (Å²) in [5, 5.41) is 16.8. The van der Waals surface area contributed by atoms with Gasteiger partial charge in [-0.25, -0.2) is 9.68 Å². The van der Waals surface area contributed by atoms with Crippen LogP contribution in [0.4, 0.5) is 11.4 Å². The smallest absolute Gasteiger partial charge is 0.287 e. The topological polar surface area (TPSA) is 84.0 Å². The lowest BCUT2D eigenvalue weighted by Gasteiger charge is -2.03. The van der Waals surface area contributed by atoms with Crippen LogP contribution in [0.5, 0.6) is 5.75 Å². The van der Waals surface area contributed by atoms with E-state index in [2.05, 4.69) is 21.7 Å². The molecule has 0 fully saturated rings. The molecule has 0 spiro atoms. The second kappa shape index (κ2) is 7.52. The van der Waals surface area contributed by atoms with Crippen LogP contribution in [0.15, 0.2) is 70.9 Å². The molecule has 0 aliphatic heterocycles. The third kappa shape index (κ3) is 4.79. The van der Waals surface area contributed by atoms with E-state index in [0.29, 0.717) is 22.7 Å². The molecule has 0 N–H and O–H groups in total. The zero-order valence-corrected chi connectivity index (χ0v) is 12.4. The number of hydrogen-bond acceptors (Lipinski definition) is 6. The van der Waals surface area contributed by atoms with Crippen molar-refractivity contribution >= 4 is 17.3 Å². The van der Waals surface area contributed by atoms with Crippen LogP contribution in [-0.2, 0) is 9.68 Å². The van der Waals surface area contributed by atoms with Gasteiger partial charge >= 0.3 is 5.97 Å². The molecule has 0 saturated carbocycles. The molecule has 0 aromatic heterocycles. The van der Waals surface area contributed by atoms with Crippen molar-refractivity contribution in [1.82, 2.24) is 0 Å². The van der Waals surface area contributed by atoms with Gasteiger partial charge in [0.25, 0.3) is 0 Å². The number of carbonyl (C=O) groups is 1. The van der Waals surface area contributed by atoms with E-state index in [9.17, 15) is 4.79 Å². The molecule has 0 heterocycles. The fraction of sp³-hybridized carbons (Fsp3) is 0.0588. The van der Waals surface area contributed by atoms with Crippen molar-refractivity contribution in [1.29, 1.82) is 5.26 Å². The van der Waals surface area contributed by atoms with Gasteiger partial charge in [-0.1, -0.05) is 6.58 Å². The van der Waals surface area contributed by atoms with Crippen LogP contribution in [0.3, 0.4) is 0 Å². The van der Waals surface area contributed by atoms with Gasteiger partial charge in [0.05, 0.1) is 23.0 Å². The molecule has 2 rings (SSSR count). The summed E-state index contributed by atoms with van der Waals surface area (Å²) >= 11 is 0. The molecule has 0 radical (unpaired) electrons. The lowest BCUT2D eigenvalue weighted by molar-refractivity contribution is -0.208. The first kappa shape index (κ1) is 15.9. The summed E-state index contributed by atoms with van der Waals surface area (Å²) in [6, 6.07) is 15.3. The number of azo groups is 1. The van der Waals surface area contributed by atoms with E-state index in [-0.39, 0.29) is 5.57 Å². The zero-order valence-electron chi connectivity index (χ0n) is 12.4. The van der Waals surface area contributed by atoms with Crippen molar-refractivity contribution in [3.63, 3.8) is 0 Å². The quantitative estimate of drug-likeness (QED) is 0.355. The minimum Gasteiger partial charge on any atom is -0.287 e. The molecule has 0 aliphatic carbocycles. The van der Waals surface area contributed by atoms with Gasteiger partial charge in [0.1, 0.15) is 0 Å². The number of nitrogens with zero attached hydrogens (tertiary/aromatic N) is 3. The highest BCUT2D eigenvalue weighted by atomic mass is 17.2. The molecule has 2 aromatic carbocycles. The normalized spacial score (nSPS) is 10.1. The first-order chi connectivity index (χ1) is 11.1. The van der Waals surface area contributed by atoms with Gasteiger partial charge in [-0.15, -0.1) is 0 Å². The molecular weight excluding hydrogens is 294 g/mol. The Bertz CT molecular complexity index is 772. The van der Waals surface area contributed by atoms with Crippen LogP contribution in [0, 0.1) is 11.3 Å². The van der Waals surface area contributed by atoms with Crippen LogP contribution >= 0.6 is 0 Å². The lowest BCUT2D eigenvalue weighted by Crippen LogP contribution is -2.07. The van der Waals surface area contributed by atoms with Crippen molar-refractivity contribution in [3.8, 4) is 11.8 Å². The SMILES string of the molecule is C=C(C)C(=O)OOc1ccc(N=Nc2ccc(C#N)cc2)cc1. The Morgan fingerprint density at radius 2 is 1.57 bits per heavy atom. The lowest BCUT2D eigenvalue weighted by atomic mass is 10.2. The van der Waals surface area contributed by atoms with E-state index in [1.54, 1.807) is 48.5 Å². The molecule has 0 unspecified atom stereocenters. The Kier molecular flexibility index (Phi) is 5.21. The molecule has 6 heteroatoms. The maximum absolute atomic E-state index is 11.2. The molecule has 0 amide bonds. The monoisotopic (exact) mass is 307 g/mol. The van der Waals surface area contributed by atoms with E-state index >= 15 is 0 Å². The van der Waals surface area contributed by atoms with Gasteiger partial charge in [0.15, 0.2) is 5.75 Å². The Labute approximate surface area is 133 Å². The first-order valence-electron chi connectivity index (χ1n) is 6.65. The van der Waals surface area contributed by atoms with Crippen LogP contribution in [-0.4, -0.2) is 5.97 Å². The predicted octanol–water partition coefficient (Wildman–Crippen LogP) is 4.39. The zero-order chi connectivity index (χ0) is 16.7. The molecule has 0 aliphatic rings. The number of hydrogen-bond donors (Lipinski definition) is 0. The Hall–Kier alpha value is -3.46. The Balaban J connectivity index is 1.96. The summed E-state index contributed by atoms with van der Waals surface area (Å²) in [5.74, 6) is -0.272. The standard InChI is InChI=1S/C17H13N3O3/c1-12(2)17(21)23-22-16-9-7-15(8-10-16)20-19-14-5-3-13(11-18)4-6-14/h3-10H,1H2,2H3. The van der Waals surface area contributed by atoms with Crippen molar-refractivity contribution in [2.24, 2.45) is 10.2 Å². The largest absolute Gasteiger partial charge is 0.381 e. The second-order valence-corrected chi connectivity index (χ2v) is 4.59. The highest BCUT2D eigenvalue weighted by Crippen LogP contribution is 2.21. The minimum atomic E-state index is -0.630. The average molecular weight is 307 g/mol.